The molecule has 0 unspecified atom stereocenters. The molecule has 0 aromatic heterocycles. The van der Waals surface area contributed by atoms with Crippen LogP contribution in [0, 0.1) is 0 Å². The number of thiol groups is 1. The summed E-state index contributed by atoms with van der Waals surface area (Å²) in [7, 11) is 5.89. The Labute approximate surface area is 191 Å². The lowest BCUT2D eigenvalue weighted by molar-refractivity contribution is -0.143. The zero-order valence-electron chi connectivity index (χ0n) is 17.3. The van der Waals surface area contributed by atoms with Crippen molar-refractivity contribution in [1.82, 2.24) is 16.0 Å². The first-order valence-corrected chi connectivity index (χ1v) is 10.5. The van der Waals surface area contributed by atoms with E-state index in [0.29, 0.717) is 12.8 Å². The molecule has 0 aromatic carbocycles. The van der Waals surface area contributed by atoms with Crippen molar-refractivity contribution in [2.45, 2.75) is 62.0 Å². The fraction of sp³-hybridized carbons (Fsp3) is 0.667. The van der Waals surface area contributed by atoms with Crippen LogP contribution in [0.3, 0.4) is 0 Å². The van der Waals surface area contributed by atoms with Gasteiger partial charge in [0.25, 0.3) is 0 Å². The van der Waals surface area contributed by atoms with Crippen LogP contribution in [0.15, 0.2) is 0 Å². The van der Waals surface area contributed by atoms with Crippen LogP contribution in [-0.4, -0.2) is 83.9 Å². The van der Waals surface area contributed by atoms with Crippen LogP contribution in [0.5, 0.6) is 0 Å². The molecule has 1 rings (SSSR count). The van der Waals surface area contributed by atoms with Crippen LogP contribution in [0.1, 0.15) is 38.5 Å². The van der Waals surface area contributed by atoms with Crippen molar-refractivity contribution >= 4 is 55.9 Å². The molecule has 0 heterocycles. The minimum atomic E-state index is -1.59. The first kappa shape index (κ1) is 27.4. The second-order valence-corrected chi connectivity index (χ2v) is 7.95. The van der Waals surface area contributed by atoms with Crippen molar-refractivity contribution in [1.29, 1.82) is 0 Å². The van der Waals surface area contributed by atoms with Crippen LogP contribution in [0.25, 0.3) is 0 Å². The van der Waals surface area contributed by atoms with E-state index >= 15 is 0 Å². The highest BCUT2D eigenvalue weighted by Crippen LogP contribution is 2.46. The van der Waals surface area contributed by atoms with Gasteiger partial charge in [0.2, 0.25) is 17.7 Å². The van der Waals surface area contributed by atoms with E-state index in [-0.39, 0.29) is 30.9 Å². The van der Waals surface area contributed by atoms with Gasteiger partial charge in [0.15, 0.2) is 0 Å². The van der Waals surface area contributed by atoms with Crippen molar-refractivity contribution in [2.75, 3.05) is 12.3 Å². The molecule has 32 heavy (non-hydrogen) atoms. The van der Waals surface area contributed by atoms with Gasteiger partial charge >= 0.3 is 11.9 Å². The summed E-state index contributed by atoms with van der Waals surface area (Å²) in [6.45, 7) is -0.331. The van der Waals surface area contributed by atoms with Gasteiger partial charge in [-0.3, -0.25) is 24.0 Å². The van der Waals surface area contributed by atoms with Crippen LogP contribution >= 0.6 is 12.6 Å². The third kappa shape index (κ3) is 8.50. The molecular formula is C18H27BN4O8S. The van der Waals surface area contributed by atoms with Crippen molar-refractivity contribution in [2.24, 2.45) is 5.73 Å². The molecule has 0 saturated heterocycles. The third-order valence-electron chi connectivity index (χ3n) is 5.05. The number of aliphatic carboxylic acids is 2. The third-order valence-corrected chi connectivity index (χ3v) is 5.41. The van der Waals surface area contributed by atoms with E-state index in [0.717, 1.165) is 6.42 Å². The molecule has 12 nitrogen and oxygen atoms in total. The lowest BCUT2D eigenvalue weighted by Crippen LogP contribution is -2.57. The first-order valence-electron chi connectivity index (χ1n) is 9.90. The van der Waals surface area contributed by atoms with Gasteiger partial charge in [-0.25, -0.2) is 4.79 Å². The number of ketones is 1. The average Bonchev–Trinajstić information content (AvgIpc) is 2.70. The first-order chi connectivity index (χ1) is 14.9. The quantitative estimate of drug-likeness (QED) is 0.108. The van der Waals surface area contributed by atoms with E-state index in [1.165, 1.54) is 0 Å². The van der Waals surface area contributed by atoms with Gasteiger partial charge in [-0.05, 0) is 18.2 Å². The molecule has 14 heteroatoms. The molecule has 176 valence electrons. The van der Waals surface area contributed by atoms with Gasteiger partial charge in [0, 0.05) is 25.1 Å². The summed E-state index contributed by atoms with van der Waals surface area (Å²) < 4.78 is 0. The molecule has 0 bridgehead atoms. The molecule has 0 aliphatic heterocycles. The van der Waals surface area contributed by atoms with E-state index in [9.17, 15) is 28.8 Å². The maximum absolute atomic E-state index is 12.2. The normalized spacial score (nSPS) is 17.1. The number of Topliss-reactive ketones (excluding diaryl/α,β-unsaturated/α-hetero) is 1. The summed E-state index contributed by atoms with van der Waals surface area (Å²) in [6.07, 6.45) is 1.05. The molecule has 0 spiro atoms. The Bertz CT molecular complexity index is 761. The summed E-state index contributed by atoms with van der Waals surface area (Å²) >= 11 is 3.78. The van der Waals surface area contributed by atoms with Crippen molar-refractivity contribution < 1.29 is 39.0 Å². The van der Waals surface area contributed by atoms with E-state index in [4.69, 9.17) is 23.8 Å². The Hall–Kier alpha value is -2.61. The van der Waals surface area contributed by atoms with E-state index in [1.807, 2.05) is 0 Å². The zero-order chi connectivity index (χ0) is 24.5. The van der Waals surface area contributed by atoms with Crippen LogP contribution < -0.4 is 21.7 Å². The molecule has 3 atom stereocenters. The average molecular weight is 470 g/mol. The molecule has 1 saturated carbocycles. The highest BCUT2D eigenvalue weighted by atomic mass is 32.1. The van der Waals surface area contributed by atoms with E-state index < -0.39 is 59.5 Å². The number of carboxylic acid groups (broad SMARTS) is 2. The molecular weight excluding hydrogens is 443 g/mol. The summed E-state index contributed by atoms with van der Waals surface area (Å²) in [6, 6.07) is -4.31. The number of nitrogens with two attached hydrogens (primary N) is 1. The molecule has 3 amide bonds. The summed E-state index contributed by atoms with van der Waals surface area (Å²) in [4.78, 5) is 70.3. The number of hydrogen-bond acceptors (Lipinski definition) is 8. The minimum Gasteiger partial charge on any atom is -0.481 e. The molecule has 7 N–H and O–H groups in total. The molecule has 1 aliphatic rings. The molecule has 1 aliphatic carbocycles. The maximum atomic E-state index is 12.2. The summed E-state index contributed by atoms with van der Waals surface area (Å²) in [5.74, 6) is -5.76. The number of carbonyl (C=O) groups is 6. The van der Waals surface area contributed by atoms with Gasteiger partial charge in [-0.2, -0.15) is 12.6 Å². The Morgan fingerprint density at radius 1 is 1.00 bits per heavy atom. The Kier molecular flexibility index (Phi) is 10.7. The zero-order valence-corrected chi connectivity index (χ0v) is 18.2. The lowest BCUT2D eigenvalue weighted by atomic mass is 9.52. The Balaban J connectivity index is 2.53. The monoisotopic (exact) mass is 470 g/mol. The lowest BCUT2D eigenvalue weighted by Gasteiger charge is -2.37. The Morgan fingerprint density at radius 3 is 2.06 bits per heavy atom. The second-order valence-electron chi connectivity index (χ2n) is 7.58. The topological polar surface area (TPSA) is 205 Å². The fourth-order valence-corrected chi connectivity index (χ4v) is 3.09. The predicted octanol–water partition coefficient (Wildman–Crippen LogP) is -2.25. The predicted molar refractivity (Wildman–Crippen MR) is 115 cm³/mol. The van der Waals surface area contributed by atoms with Gasteiger partial charge in [0.1, 0.15) is 23.9 Å². The maximum Gasteiger partial charge on any atom is 0.327 e. The van der Waals surface area contributed by atoms with Crippen molar-refractivity contribution in [3.8, 4) is 0 Å². The van der Waals surface area contributed by atoms with E-state index in [2.05, 4.69) is 28.6 Å². The summed E-state index contributed by atoms with van der Waals surface area (Å²) in [5.41, 5.74) is 5.68. The number of amides is 3. The van der Waals surface area contributed by atoms with Crippen LogP contribution in [0.4, 0.5) is 0 Å². The summed E-state index contributed by atoms with van der Waals surface area (Å²) in [5, 5.41) is 23.6. The second kappa shape index (κ2) is 12.4. The number of carboxylic acids is 2. The van der Waals surface area contributed by atoms with Crippen molar-refractivity contribution in [3.63, 3.8) is 0 Å². The number of hydrogen-bond donors (Lipinski definition) is 7. The number of carbonyl (C=O) groups excluding carboxylic acids is 4. The van der Waals surface area contributed by atoms with Crippen LogP contribution in [-0.2, 0) is 28.8 Å². The highest BCUT2D eigenvalue weighted by molar-refractivity contribution is 7.80. The molecule has 1 fully saturated rings. The van der Waals surface area contributed by atoms with E-state index in [1.54, 1.807) is 0 Å². The smallest absolute Gasteiger partial charge is 0.327 e. The minimum absolute atomic E-state index is 0.0412. The molecule has 0 aromatic rings. The molecule has 2 radical (unpaired) electrons. The number of rotatable bonds is 14. The van der Waals surface area contributed by atoms with Gasteiger partial charge < -0.3 is 31.9 Å². The fourth-order valence-electron chi connectivity index (χ4n) is 2.84. The standard InChI is InChI=1S/C18H27BN4O8S/c19-18(4-1-5-18)12(24)2-3-13(25)21-7-9(20)15(28)22-10(6-14(26)27)16(29)23-11(8-32)17(30)31/h9-11,32H,1-8,20H2,(H,21,25)(H,22,28)(H,23,29)(H,26,27)(H,30,31)/t9-,10-,11-/m0/s1. The number of nitrogens with one attached hydrogen (secondary N) is 3. The Morgan fingerprint density at radius 2 is 1.59 bits per heavy atom. The highest BCUT2D eigenvalue weighted by Gasteiger charge is 2.37. The van der Waals surface area contributed by atoms with Crippen molar-refractivity contribution in [3.05, 3.63) is 0 Å². The van der Waals surface area contributed by atoms with Gasteiger partial charge in [-0.15, -0.1) is 0 Å². The SMILES string of the molecule is [B]C1(C(=O)CCC(=O)NC[C@H](N)C(=O)N[C@@H](CC(=O)O)C(=O)N[C@@H](CS)C(=O)O)CCC1. The van der Waals surface area contributed by atoms with Crippen LogP contribution in [0.2, 0.25) is 5.31 Å². The largest absolute Gasteiger partial charge is 0.481 e. The van der Waals surface area contributed by atoms with Gasteiger partial charge in [0.05, 0.1) is 14.3 Å². The van der Waals surface area contributed by atoms with Gasteiger partial charge in [-0.1, -0.05) is 6.42 Å².